The lowest BCUT2D eigenvalue weighted by Crippen LogP contribution is -2.32. The molecule has 1 heterocycles. The third-order valence-electron chi connectivity index (χ3n) is 5.35. The fourth-order valence-corrected chi connectivity index (χ4v) is 3.83. The Morgan fingerprint density at radius 1 is 1.03 bits per heavy atom. The number of imidazole rings is 1. The smallest absolute Gasteiger partial charge is 0.280 e. The fraction of sp³-hybridized carbons (Fsp3) is 0.192. The molecule has 6 N–H and O–H groups in total. The van der Waals surface area contributed by atoms with Crippen molar-refractivity contribution in [2.75, 3.05) is 6.54 Å². The van der Waals surface area contributed by atoms with Gasteiger partial charge in [-0.3, -0.25) is 4.79 Å². The second-order valence-electron chi connectivity index (χ2n) is 7.62. The summed E-state index contributed by atoms with van der Waals surface area (Å²) >= 11 is 0. The Bertz CT molecular complexity index is 1290. The van der Waals surface area contributed by atoms with Gasteiger partial charge in [-0.05, 0) is 42.8 Å². The molecule has 0 aliphatic rings. The van der Waals surface area contributed by atoms with Crippen molar-refractivity contribution in [1.29, 1.82) is 5.53 Å². The lowest BCUT2D eigenvalue weighted by molar-refractivity contribution is 0.100. The first-order chi connectivity index (χ1) is 16.9. The van der Waals surface area contributed by atoms with Gasteiger partial charge in [-0.1, -0.05) is 67.6 Å². The van der Waals surface area contributed by atoms with Gasteiger partial charge in [-0.25, -0.2) is 10.5 Å². The van der Waals surface area contributed by atoms with Crippen LogP contribution in [0.4, 0.5) is 0 Å². The molecule has 1 aromatic heterocycles. The molecule has 35 heavy (non-hydrogen) atoms. The van der Waals surface area contributed by atoms with Gasteiger partial charge in [0, 0.05) is 12.1 Å². The standard InChI is InChI=1S/C24H22N6O2.C2H7N/c1-2-30-20-15-16(21(31)28-23(25)29-26)13-14-19(20)27-22(30)24(32,17-9-5-3-6-10-17)18-11-7-4-8-12-18;1-2-3/h3-15,26,32H,2H2,1H3,(H2,25,28,31);2-3H2,1H3. The molecule has 0 bridgehead atoms. The number of fused-ring (bicyclic) bond motifs is 1. The lowest BCUT2D eigenvalue weighted by atomic mass is 9.85. The molecule has 9 heteroatoms. The predicted octanol–water partition coefficient (Wildman–Crippen LogP) is 3.79. The molecule has 0 saturated heterocycles. The van der Waals surface area contributed by atoms with E-state index >= 15 is 0 Å². The summed E-state index contributed by atoms with van der Waals surface area (Å²) in [5.41, 5.74) is 18.6. The molecule has 0 fully saturated rings. The van der Waals surface area contributed by atoms with E-state index in [-0.39, 0.29) is 5.56 Å². The summed E-state index contributed by atoms with van der Waals surface area (Å²) in [6.45, 7) is 5.11. The number of amides is 1. The fourth-order valence-electron chi connectivity index (χ4n) is 3.83. The zero-order valence-corrected chi connectivity index (χ0v) is 19.7. The Balaban J connectivity index is 0.00000108. The molecule has 0 aliphatic carbocycles. The second kappa shape index (κ2) is 11.3. The summed E-state index contributed by atoms with van der Waals surface area (Å²) in [5, 5.41) is 15.1. The van der Waals surface area contributed by atoms with Crippen molar-refractivity contribution < 1.29 is 9.90 Å². The number of hydrogen-bond acceptors (Lipinski definition) is 5. The van der Waals surface area contributed by atoms with E-state index in [1.54, 1.807) is 18.2 Å². The van der Waals surface area contributed by atoms with Gasteiger partial charge < -0.3 is 21.1 Å². The minimum atomic E-state index is -1.51. The molecule has 9 nitrogen and oxygen atoms in total. The van der Waals surface area contributed by atoms with Crippen LogP contribution in [0.15, 0.2) is 89.0 Å². The number of aromatic nitrogens is 2. The number of hydrogen-bond donors (Lipinski definition) is 4. The van der Waals surface area contributed by atoms with E-state index in [0.29, 0.717) is 34.5 Å². The number of carbonyl (C=O) groups is 1. The summed E-state index contributed by atoms with van der Waals surface area (Å²) in [6.07, 6.45) is 0. The molecule has 3 aromatic carbocycles. The van der Waals surface area contributed by atoms with Crippen molar-refractivity contribution in [2.45, 2.75) is 26.0 Å². The average molecular weight is 472 g/mol. The molecule has 0 atom stereocenters. The maximum Gasteiger partial charge on any atom is 0.280 e. The summed E-state index contributed by atoms with van der Waals surface area (Å²) in [4.78, 5) is 20.8. The van der Waals surface area contributed by atoms with Crippen LogP contribution >= 0.6 is 0 Å². The van der Waals surface area contributed by atoms with Crippen molar-refractivity contribution in [1.82, 2.24) is 9.55 Å². The number of nitrogens with one attached hydrogen (secondary N) is 1. The Hall–Kier alpha value is -4.21. The molecule has 4 rings (SSSR count). The third-order valence-corrected chi connectivity index (χ3v) is 5.35. The summed E-state index contributed by atoms with van der Waals surface area (Å²) in [5.74, 6) is -0.573. The topological polar surface area (TPSA) is 156 Å². The number of aliphatic hydroxyl groups is 1. The van der Waals surface area contributed by atoms with Gasteiger partial charge in [-0.2, -0.15) is 4.99 Å². The summed E-state index contributed by atoms with van der Waals surface area (Å²) < 4.78 is 1.88. The van der Waals surface area contributed by atoms with Gasteiger partial charge in [0.05, 0.1) is 11.0 Å². The van der Waals surface area contributed by atoms with Crippen LogP contribution in [0.5, 0.6) is 0 Å². The quantitative estimate of drug-likeness (QED) is 0.198. The molecule has 0 unspecified atom stereocenters. The van der Waals surface area contributed by atoms with E-state index in [4.69, 9.17) is 22.0 Å². The molecular weight excluding hydrogens is 442 g/mol. The van der Waals surface area contributed by atoms with E-state index in [1.807, 2.05) is 79.1 Å². The average Bonchev–Trinajstić information content (AvgIpc) is 3.28. The molecule has 4 aromatic rings. The number of aliphatic imine (C=N–C) groups is 1. The van der Waals surface area contributed by atoms with Crippen molar-refractivity contribution in [2.24, 2.45) is 21.6 Å². The van der Waals surface area contributed by atoms with Gasteiger partial charge in [0.1, 0.15) is 0 Å². The number of nitrogens with zero attached hydrogens (tertiary/aromatic N) is 4. The highest BCUT2D eigenvalue weighted by Gasteiger charge is 2.38. The predicted molar refractivity (Wildman–Crippen MR) is 136 cm³/mol. The van der Waals surface area contributed by atoms with E-state index < -0.39 is 17.5 Å². The van der Waals surface area contributed by atoms with Crippen molar-refractivity contribution >= 4 is 22.9 Å². The zero-order chi connectivity index (χ0) is 25.4. The van der Waals surface area contributed by atoms with Crippen LogP contribution < -0.4 is 11.5 Å². The Morgan fingerprint density at radius 3 is 2.06 bits per heavy atom. The van der Waals surface area contributed by atoms with Crippen molar-refractivity contribution in [3.05, 3.63) is 101 Å². The molecular formula is C26H29N7O2. The first kappa shape index (κ1) is 25.4. The normalized spacial score (nSPS) is 11.6. The summed E-state index contributed by atoms with van der Waals surface area (Å²) in [6, 6.07) is 23.7. The molecule has 1 amide bonds. The van der Waals surface area contributed by atoms with Crippen LogP contribution in [0.3, 0.4) is 0 Å². The van der Waals surface area contributed by atoms with Crippen LogP contribution in [-0.4, -0.2) is 33.1 Å². The van der Waals surface area contributed by atoms with Crippen molar-refractivity contribution in [3.8, 4) is 0 Å². The van der Waals surface area contributed by atoms with Crippen LogP contribution in [0.25, 0.3) is 11.0 Å². The number of rotatable bonds is 5. The maximum absolute atomic E-state index is 12.4. The van der Waals surface area contributed by atoms with E-state index in [0.717, 1.165) is 6.54 Å². The highest BCUT2D eigenvalue weighted by atomic mass is 16.3. The molecule has 0 saturated carbocycles. The maximum atomic E-state index is 12.4. The van der Waals surface area contributed by atoms with Crippen LogP contribution in [-0.2, 0) is 12.1 Å². The molecule has 180 valence electrons. The van der Waals surface area contributed by atoms with E-state index in [2.05, 4.69) is 10.1 Å². The summed E-state index contributed by atoms with van der Waals surface area (Å²) in [7, 11) is 0. The minimum absolute atomic E-state index is 0.285. The van der Waals surface area contributed by atoms with Gasteiger partial charge in [-0.15, -0.1) is 5.11 Å². The molecule has 0 aliphatic heterocycles. The van der Waals surface area contributed by atoms with Gasteiger partial charge in [0.2, 0.25) is 5.96 Å². The first-order valence-electron chi connectivity index (χ1n) is 11.2. The van der Waals surface area contributed by atoms with Crippen molar-refractivity contribution in [3.63, 3.8) is 0 Å². The van der Waals surface area contributed by atoms with Crippen LogP contribution in [0.2, 0.25) is 0 Å². The Labute approximate surface area is 203 Å². The van der Waals surface area contributed by atoms with E-state index in [1.165, 1.54) is 0 Å². The second-order valence-corrected chi connectivity index (χ2v) is 7.62. The third kappa shape index (κ3) is 5.16. The highest BCUT2D eigenvalue weighted by Crippen LogP contribution is 2.37. The monoisotopic (exact) mass is 471 g/mol. The van der Waals surface area contributed by atoms with Crippen LogP contribution in [0, 0.1) is 5.53 Å². The minimum Gasteiger partial charge on any atom is -0.373 e. The highest BCUT2D eigenvalue weighted by molar-refractivity contribution is 6.04. The van der Waals surface area contributed by atoms with Gasteiger partial charge in [0.25, 0.3) is 5.91 Å². The lowest BCUT2D eigenvalue weighted by Gasteiger charge is -2.29. The number of guanidine groups is 1. The number of aryl methyl sites for hydroxylation is 1. The number of nitrogens with two attached hydrogens (primary N) is 2. The Morgan fingerprint density at radius 2 is 1.57 bits per heavy atom. The van der Waals surface area contributed by atoms with Gasteiger partial charge in [0.15, 0.2) is 11.4 Å². The van der Waals surface area contributed by atoms with Crippen LogP contribution in [0.1, 0.15) is 41.2 Å². The molecule has 0 spiro atoms. The first-order valence-corrected chi connectivity index (χ1v) is 11.2. The zero-order valence-electron chi connectivity index (χ0n) is 19.7. The SMILES string of the molecule is CCN.CCn1c(C(O)(c2ccccc2)c2ccccc2)nc2ccc(C(=O)N=C(N)N=N)cc21. The Kier molecular flexibility index (Phi) is 8.19. The van der Waals surface area contributed by atoms with Gasteiger partial charge >= 0.3 is 0 Å². The molecule has 0 radical (unpaired) electrons. The largest absolute Gasteiger partial charge is 0.373 e. The number of carbonyl (C=O) groups excluding carboxylic acids is 1. The number of benzene rings is 3. The van der Waals surface area contributed by atoms with E-state index in [9.17, 15) is 9.90 Å².